The van der Waals surface area contributed by atoms with Gasteiger partial charge in [0.25, 0.3) is 0 Å². The van der Waals surface area contributed by atoms with E-state index in [9.17, 15) is 13.2 Å². The average Bonchev–Trinajstić information content (AvgIpc) is 2.76. The first-order valence-electron chi connectivity index (χ1n) is 12.4. The minimum Gasteiger partial charge on any atom is -0.454 e. The maximum absolute atomic E-state index is 12.7. The van der Waals surface area contributed by atoms with Crippen LogP contribution in [-0.4, -0.2) is 70.4 Å². The lowest BCUT2D eigenvalue weighted by Crippen LogP contribution is -2.64. The molecule has 5 aliphatic rings. The summed E-state index contributed by atoms with van der Waals surface area (Å²) in [7, 11) is 0. The van der Waals surface area contributed by atoms with E-state index in [-0.39, 0.29) is 18.0 Å². The van der Waals surface area contributed by atoms with Gasteiger partial charge in [0.2, 0.25) is 11.9 Å². The van der Waals surface area contributed by atoms with Crippen LogP contribution in [0.1, 0.15) is 58.8 Å². The lowest BCUT2D eigenvalue weighted by Gasteiger charge is -2.61. The van der Waals surface area contributed by atoms with E-state index in [1.54, 1.807) is 0 Å². The summed E-state index contributed by atoms with van der Waals surface area (Å²) in [6, 6.07) is -0.199. The molecule has 4 bridgehead atoms. The number of hydrogen-bond donors (Lipinski definition) is 1. The fourth-order valence-corrected chi connectivity index (χ4v) is 6.92. The largest absolute Gasteiger partial charge is 0.454 e. The predicted molar refractivity (Wildman–Crippen MR) is 119 cm³/mol. The number of rotatable bonds is 7. The van der Waals surface area contributed by atoms with Crippen LogP contribution >= 0.6 is 0 Å². The molecule has 1 aliphatic heterocycles. The van der Waals surface area contributed by atoms with Crippen LogP contribution in [0.5, 0.6) is 6.01 Å². The smallest absolute Gasteiger partial charge is 0.422 e. The summed E-state index contributed by atoms with van der Waals surface area (Å²) in [5, 5.41) is 3.15. The van der Waals surface area contributed by atoms with Gasteiger partial charge in [0.1, 0.15) is 0 Å². The van der Waals surface area contributed by atoms with Gasteiger partial charge in [-0.3, -0.25) is 4.90 Å². The highest BCUT2D eigenvalue weighted by Crippen LogP contribution is 2.57. The van der Waals surface area contributed by atoms with Crippen molar-refractivity contribution >= 4 is 11.9 Å². The van der Waals surface area contributed by atoms with Gasteiger partial charge in [0.05, 0.1) is 0 Å². The van der Waals surface area contributed by atoms with E-state index in [2.05, 4.69) is 30.1 Å². The van der Waals surface area contributed by atoms with Crippen LogP contribution < -0.4 is 15.0 Å². The van der Waals surface area contributed by atoms with Crippen LogP contribution in [0, 0.1) is 17.8 Å². The van der Waals surface area contributed by atoms with Gasteiger partial charge in [0.15, 0.2) is 6.61 Å². The number of hydrogen-bond acceptors (Lipinski definition) is 7. The lowest BCUT2D eigenvalue weighted by atomic mass is 9.52. The Morgan fingerprint density at radius 1 is 1.00 bits per heavy atom. The van der Waals surface area contributed by atoms with Crippen LogP contribution in [0.2, 0.25) is 0 Å². The Balaban J connectivity index is 1.28. The zero-order valence-corrected chi connectivity index (χ0v) is 19.6. The fourth-order valence-electron chi connectivity index (χ4n) is 6.92. The number of alkyl halides is 3. The van der Waals surface area contributed by atoms with Crippen LogP contribution in [0.25, 0.3) is 0 Å². The van der Waals surface area contributed by atoms with Crippen molar-refractivity contribution in [3.05, 3.63) is 0 Å². The van der Waals surface area contributed by atoms with Gasteiger partial charge in [-0.15, -0.1) is 0 Å². The molecule has 0 radical (unpaired) electrons. The van der Waals surface area contributed by atoms with E-state index >= 15 is 0 Å². The number of halogens is 3. The number of aromatic nitrogens is 3. The number of nitrogens with one attached hydrogen (secondary N) is 1. The Morgan fingerprint density at radius 2 is 1.61 bits per heavy atom. The molecule has 0 aromatic carbocycles. The molecule has 6 rings (SSSR count). The highest BCUT2D eigenvalue weighted by molar-refractivity contribution is 5.39. The first kappa shape index (κ1) is 22.9. The molecule has 5 fully saturated rings. The Kier molecular flexibility index (Phi) is 6.07. The zero-order valence-electron chi connectivity index (χ0n) is 19.6. The van der Waals surface area contributed by atoms with Gasteiger partial charge in [-0.25, -0.2) is 0 Å². The van der Waals surface area contributed by atoms with Crippen molar-refractivity contribution < 1.29 is 17.9 Å². The fraction of sp³-hybridized carbons (Fsp3) is 0.870. The molecule has 7 nitrogen and oxygen atoms in total. The Labute approximate surface area is 193 Å². The standard InChI is InChI=1S/C23H35F3N6O/c1-3-15(2)27-19-28-20(30-21(29-19)33-14-23(24,25)26)31-4-6-32(7-5-31)22-11-16-8-17(12-22)10-18(9-16)13-22/h15-18H,3-14H2,1-2H3,(H,27,28,29,30)/t15-,16?,17?,18?,22?/m0/s1. The second-order valence-electron chi connectivity index (χ2n) is 10.7. The maximum Gasteiger partial charge on any atom is 0.422 e. The van der Waals surface area contributed by atoms with Gasteiger partial charge >= 0.3 is 12.2 Å². The quantitative estimate of drug-likeness (QED) is 0.646. The lowest BCUT2D eigenvalue weighted by molar-refractivity contribution is -0.154. The highest BCUT2D eigenvalue weighted by atomic mass is 19.4. The third kappa shape index (κ3) is 5.00. The van der Waals surface area contributed by atoms with E-state index in [0.717, 1.165) is 50.4 Å². The molecule has 1 aromatic rings. The van der Waals surface area contributed by atoms with E-state index in [1.165, 1.54) is 38.5 Å². The Bertz CT molecular complexity index is 807. The normalized spacial score (nSPS) is 32.8. The van der Waals surface area contributed by atoms with Crippen LogP contribution in [0.15, 0.2) is 0 Å². The molecule has 4 aliphatic carbocycles. The molecule has 184 valence electrons. The maximum atomic E-state index is 12.7. The summed E-state index contributed by atoms with van der Waals surface area (Å²) in [5.41, 5.74) is 0.365. The van der Waals surface area contributed by atoms with Crippen molar-refractivity contribution in [2.75, 3.05) is 43.0 Å². The van der Waals surface area contributed by atoms with E-state index in [1.807, 2.05) is 13.8 Å². The number of ether oxygens (including phenoxy) is 1. The van der Waals surface area contributed by atoms with Gasteiger partial charge < -0.3 is 15.0 Å². The highest BCUT2D eigenvalue weighted by Gasteiger charge is 2.53. The third-order valence-electron chi connectivity index (χ3n) is 8.20. The number of nitrogens with zero attached hydrogens (tertiary/aromatic N) is 5. The molecule has 0 spiro atoms. The van der Waals surface area contributed by atoms with Crippen molar-refractivity contribution in [1.82, 2.24) is 19.9 Å². The topological polar surface area (TPSA) is 66.4 Å². The summed E-state index contributed by atoms with van der Waals surface area (Å²) in [6.45, 7) is 5.96. The van der Waals surface area contributed by atoms with Crippen molar-refractivity contribution in [3.63, 3.8) is 0 Å². The van der Waals surface area contributed by atoms with Crippen LogP contribution in [-0.2, 0) is 0 Å². The van der Waals surface area contributed by atoms with Gasteiger partial charge in [-0.05, 0) is 69.6 Å². The molecule has 4 saturated carbocycles. The van der Waals surface area contributed by atoms with Crippen molar-refractivity contribution in [1.29, 1.82) is 0 Å². The first-order valence-corrected chi connectivity index (χ1v) is 12.4. The SMILES string of the molecule is CC[C@H](C)Nc1nc(OCC(F)(F)F)nc(N2CCN(C34CC5CC(CC(C5)C3)C4)CC2)n1. The molecule has 10 heteroatoms. The van der Waals surface area contributed by atoms with Crippen molar-refractivity contribution in [2.24, 2.45) is 17.8 Å². The molecular weight excluding hydrogens is 433 g/mol. The van der Waals surface area contributed by atoms with Crippen molar-refractivity contribution in [2.45, 2.75) is 76.6 Å². The second-order valence-corrected chi connectivity index (χ2v) is 10.7. The van der Waals surface area contributed by atoms with E-state index < -0.39 is 12.8 Å². The van der Waals surface area contributed by atoms with E-state index in [0.29, 0.717) is 11.5 Å². The molecule has 1 atom stereocenters. The third-order valence-corrected chi connectivity index (χ3v) is 8.20. The molecule has 1 aromatic heterocycles. The molecule has 33 heavy (non-hydrogen) atoms. The first-order chi connectivity index (χ1) is 15.7. The van der Waals surface area contributed by atoms with Crippen LogP contribution in [0.4, 0.5) is 25.1 Å². The molecule has 1 saturated heterocycles. The van der Waals surface area contributed by atoms with Crippen LogP contribution in [0.3, 0.4) is 0 Å². The van der Waals surface area contributed by atoms with E-state index in [4.69, 9.17) is 4.74 Å². The Hall–Kier alpha value is -1.84. The summed E-state index contributed by atoms with van der Waals surface area (Å²) in [5.74, 6) is 3.36. The summed E-state index contributed by atoms with van der Waals surface area (Å²) in [6.07, 6.45) is 4.68. The molecule has 2 heterocycles. The molecular formula is C23H35F3N6O. The molecule has 1 N–H and O–H groups in total. The van der Waals surface area contributed by atoms with Crippen molar-refractivity contribution in [3.8, 4) is 6.01 Å². The van der Waals surface area contributed by atoms with Gasteiger partial charge in [-0.2, -0.15) is 28.1 Å². The second kappa shape index (κ2) is 8.74. The minimum absolute atomic E-state index is 0.0867. The molecule has 0 amide bonds. The van der Waals surface area contributed by atoms with Gasteiger partial charge in [-0.1, -0.05) is 6.92 Å². The Morgan fingerprint density at radius 3 is 2.15 bits per heavy atom. The monoisotopic (exact) mass is 468 g/mol. The van der Waals surface area contributed by atoms with Gasteiger partial charge in [0, 0.05) is 37.8 Å². The summed E-state index contributed by atoms with van der Waals surface area (Å²) < 4.78 is 42.9. The zero-order chi connectivity index (χ0) is 23.2. The summed E-state index contributed by atoms with van der Waals surface area (Å²) >= 11 is 0. The number of anilines is 2. The molecule has 0 unspecified atom stereocenters. The average molecular weight is 469 g/mol. The number of piperazine rings is 1. The minimum atomic E-state index is -4.44. The predicted octanol–water partition coefficient (Wildman–Crippen LogP) is 4.11. The summed E-state index contributed by atoms with van der Waals surface area (Å²) in [4.78, 5) is 17.6.